The van der Waals surface area contributed by atoms with Crippen LogP contribution in [0, 0.1) is 15.2 Å². The molecule has 0 saturated heterocycles. The van der Waals surface area contributed by atoms with E-state index in [-0.39, 0.29) is 29.0 Å². The van der Waals surface area contributed by atoms with E-state index in [1.165, 1.54) is 24.5 Å². The quantitative estimate of drug-likeness (QED) is 0.230. The van der Waals surface area contributed by atoms with Gasteiger partial charge in [0.1, 0.15) is 17.2 Å². The maximum Gasteiger partial charge on any atom is 0.253 e. The third kappa shape index (κ3) is 4.78. The number of carbonyl (C=O) groups excluding carboxylic acids is 1. The van der Waals surface area contributed by atoms with Gasteiger partial charge in [-0.1, -0.05) is 30.3 Å². The molecule has 0 aliphatic heterocycles. The van der Waals surface area contributed by atoms with Crippen molar-refractivity contribution < 1.29 is 13.6 Å². The smallest absolute Gasteiger partial charge is 0.253 e. The van der Waals surface area contributed by atoms with Crippen molar-refractivity contribution in [2.75, 3.05) is 11.9 Å². The second-order valence-electron chi connectivity index (χ2n) is 8.06. The molecule has 3 N–H and O–H groups in total. The number of hydrogen-bond acceptors (Lipinski definition) is 5. The lowest BCUT2D eigenvalue weighted by Crippen LogP contribution is -2.27. The molecule has 0 unspecified atom stereocenters. The third-order valence-electron chi connectivity index (χ3n) is 5.61. The van der Waals surface area contributed by atoms with E-state index >= 15 is 4.39 Å². The lowest BCUT2D eigenvalue weighted by atomic mass is 10.1. The molecule has 5 rings (SSSR count). The Kier molecular flexibility index (Phi) is 6.63. The van der Waals surface area contributed by atoms with Gasteiger partial charge in [0.25, 0.3) is 5.91 Å². The Labute approximate surface area is 218 Å². The van der Waals surface area contributed by atoms with Gasteiger partial charge in [0.15, 0.2) is 11.6 Å². The zero-order valence-electron chi connectivity index (χ0n) is 19.0. The van der Waals surface area contributed by atoms with Crippen molar-refractivity contribution in [1.29, 1.82) is 0 Å². The Hall–Kier alpha value is -3.87. The van der Waals surface area contributed by atoms with Gasteiger partial charge in [0, 0.05) is 29.1 Å². The molecule has 0 bridgehead atoms. The number of aromatic nitrogens is 5. The summed E-state index contributed by atoms with van der Waals surface area (Å²) in [7, 11) is 1.70. The summed E-state index contributed by atoms with van der Waals surface area (Å²) in [5.74, 6) is -0.658. The number of aromatic amines is 1. The Balaban J connectivity index is 1.38. The molecule has 0 aliphatic rings. The first kappa shape index (κ1) is 23.9. The number of aryl methyl sites for hydroxylation is 1. The monoisotopic (exact) mass is 599 g/mol. The maximum absolute atomic E-state index is 15.5. The van der Waals surface area contributed by atoms with E-state index in [4.69, 9.17) is 0 Å². The van der Waals surface area contributed by atoms with Gasteiger partial charge in [-0.15, -0.1) is 0 Å². The highest BCUT2D eigenvalue weighted by Crippen LogP contribution is 2.32. The van der Waals surface area contributed by atoms with Gasteiger partial charge in [0.2, 0.25) is 0 Å². The molecular formula is C25H20F2IN7O. The number of amides is 1. The number of anilines is 2. The first-order valence-corrected chi connectivity index (χ1v) is 12.1. The molecule has 0 atom stereocenters. The molecule has 5 aromatic rings. The summed E-state index contributed by atoms with van der Waals surface area (Å²) in [6.45, 7) is 0.227. The topological polar surface area (TPSA) is 101 Å². The van der Waals surface area contributed by atoms with Crippen LogP contribution in [-0.4, -0.2) is 37.2 Å². The highest BCUT2D eigenvalue weighted by atomic mass is 127. The Morgan fingerprint density at radius 3 is 2.72 bits per heavy atom. The fourth-order valence-corrected chi connectivity index (χ4v) is 4.22. The predicted molar refractivity (Wildman–Crippen MR) is 141 cm³/mol. The summed E-state index contributed by atoms with van der Waals surface area (Å²) in [4.78, 5) is 21.7. The number of H-pyrrole nitrogens is 1. The molecule has 182 valence electrons. The Bertz CT molecular complexity index is 1570. The van der Waals surface area contributed by atoms with Gasteiger partial charge in [-0.3, -0.25) is 9.89 Å². The summed E-state index contributed by atoms with van der Waals surface area (Å²) in [5, 5.41) is 12.6. The highest BCUT2D eigenvalue weighted by Gasteiger charge is 2.22. The number of benzene rings is 3. The van der Waals surface area contributed by atoms with Gasteiger partial charge >= 0.3 is 0 Å². The second kappa shape index (κ2) is 10.0. The lowest BCUT2D eigenvalue weighted by molar-refractivity contribution is 0.0954. The fourth-order valence-electron chi connectivity index (χ4n) is 3.76. The summed E-state index contributed by atoms with van der Waals surface area (Å²) in [5.41, 5.74) is 1.33. The van der Waals surface area contributed by atoms with Gasteiger partial charge in [-0.25, -0.2) is 18.7 Å². The number of nitrogens with one attached hydrogen (secondary N) is 3. The average Bonchev–Trinajstić information content (AvgIpc) is 3.49. The third-order valence-corrected chi connectivity index (χ3v) is 6.28. The van der Waals surface area contributed by atoms with E-state index < -0.39 is 17.5 Å². The zero-order valence-corrected chi connectivity index (χ0v) is 21.2. The van der Waals surface area contributed by atoms with Crippen molar-refractivity contribution >= 4 is 50.9 Å². The van der Waals surface area contributed by atoms with Crippen molar-refractivity contribution in [2.24, 2.45) is 7.05 Å². The van der Waals surface area contributed by atoms with Crippen LogP contribution in [0.1, 0.15) is 16.2 Å². The van der Waals surface area contributed by atoms with Gasteiger partial charge in [-0.2, -0.15) is 5.10 Å². The molecule has 1 amide bonds. The lowest BCUT2D eigenvalue weighted by Gasteiger charge is -2.15. The van der Waals surface area contributed by atoms with E-state index in [9.17, 15) is 9.18 Å². The highest BCUT2D eigenvalue weighted by molar-refractivity contribution is 14.1. The number of rotatable bonds is 7. The standard InChI is InChI=1S/C25H20F2IN7O/c1-35-13-30-23-19(35)12-16(22(21(23)27)31-18-8-7-15(28)11-17(18)26)25(36)29-10-9-20-32-24(34-33-20)14-5-3-2-4-6-14/h2-8,11-13,31H,9-10H2,1H3,(H,29,36)(H,32,33,34). The fraction of sp³-hybridized carbons (Fsp3) is 0.120. The molecule has 0 aliphatic carbocycles. The van der Waals surface area contributed by atoms with E-state index in [1.807, 2.05) is 52.9 Å². The van der Waals surface area contributed by atoms with Crippen molar-refractivity contribution in [3.8, 4) is 11.4 Å². The van der Waals surface area contributed by atoms with Crippen LogP contribution in [0.3, 0.4) is 0 Å². The summed E-state index contributed by atoms with van der Waals surface area (Å²) in [6.07, 6.45) is 1.84. The predicted octanol–water partition coefficient (Wildman–Crippen LogP) is 4.96. The molecule has 2 heterocycles. The summed E-state index contributed by atoms with van der Waals surface area (Å²) in [6, 6.07) is 15.6. The Morgan fingerprint density at radius 2 is 1.94 bits per heavy atom. The van der Waals surface area contributed by atoms with E-state index in [2.05, 4.69) is 30.8 Å². The van der Waals surface area contributed by atoms with Crippen LogP contribution in [0.15, 0.2) is 60.9 Å². The SMILES string of the molecule is Cn1cnc2c(F)c(Nc3ccc(I)cc3F)c(C(=O)NCCc3nc(-c4ccccc4)n[nH]3)cc21. The molecule has 3 aromatic carbocycles. The van der Waals surface area contributed by atoms with Gasteiger partial charge < -0.3 is 15.2 Å². The van der Waals surface area contributed by atoms with Crippen LogP contribution in [0.4, 0.5) is 20.2 Å². The Morgan fingerprint density at radius 1 is 1.14 bits per heavy atom. The van der Waals surface area contributed by atoms with Crippen LogP contribution in [0.25, 0.3) is 22.4 Å². The van der Waals surface area contributed by atoms with Crippen LogP contribution < -0.4 is 10.6 Å². The van der Waals surface area contributed by atoms with Crippen LogP contribution >= 0.6 is 22.6 Å². The molecule has 36 heavy (non-hydrogen) atoms. The number of imidazole rings is 1. The number of fused-ring (bicyclic) bond motifs is 1. The van der Waals surface area contributed by atoms with E-state index in [1.54, 1.807) is 17.7 Å². The van der Waals surface area contributed by atoms with Crippen molar-refractivity contribution in [3.05, 3.63) is 87.5 Å². The minimum atomic E-state index is -0.737. The van der Waals surface area contributed by atoms with E-state index in [0.717, 1.165) is 5.56 Å². The summed E-state index contributed by atoms with van der Waals surface area (Å²) < 4.78 is 32.3. The van der Waals surface area contributed by atoms with Crippen molar-refractivity contribution in [2.45, 2.75) is 6.42 Å². The second-order valence-corrected chi connectivity index (χ2v) is 9.31. The van der Waals surface area contributed by atoms with E-state index in [0.29, 0.717) is 27.2 Å². The normalized spacial score (nSPS) is 11.1. The average molecular weight is 599 g/mol. The zero-order chi connectivity index (χ0) is 25.2. The first-order valence-electron chi connectivity index (χ1n) is 11.0. The molecule has 11 heteroatoms. The molecular weight excluding hydrogens is 579 g/mol. The van der Waals surface area contributed by atoms with Crippen LogP contribution in [0.5, 0.6) is 0 Å². The molecule has 0 spiro atoms. The number of halogens is 3. The number of carbonyl (C=O) groups is 1. The van der Waals surface area contributed by atoms with Gasteiger partial charge in [-0.05, 0) is 46.9 Å². The summed E-state index contributed by atoms with van der Waals surface area (Å²) >= 11 is 1.99. The number of nitrogens with zero attached hydrogens (tertiary/aromatic N) is 4. The van der Waals surface area contributed by atoms with Crippen LogP contribution in [-0.2, 0) is 13.5 Å². The minimum absolute atomic E-state index is 0.0316. The first-order chi connectivity index (χ1) is 17.4. The molecule has 0 radical (unpaired) electrons. The molecule has 0 fully saturated rings. The molecule has 8 nitrogen and oxygen atoms in total. The van der Waals surface area contributed by atoms with Crippen molar-refractivity contribution in [3.63, 3.8) is 0 Å². The van der Waals surface area contributed by atoms with Crippen molar-refractivity contribution in [1.82, 2.24) is 30.0 Å². The molecule has 2 aromatic heterocycles. The van der Waals surface area contributed by atoms with Gasteiger partial charge in [0.05, 0.1) is 28.8 Å². The number of hydrogen-bond donors (Lipinski definition) is 3. The minimum Gasteiger partial charge on any atom is -0.352 e. The maximum atomic E-state index is 15.5. The molecule has 0 saturated carbocycles. The largest absolute Gasteiger partial charge is 0.352 e. The van der Waals surface area contributed by atoms with Crippen LogP contribution in [0.2, 0.25) is 0 Å².